The summed E-state index contributed by atoms with van der Waals surface area (Å²) < 4.78 is 28.1. The highest BCUT2D eigenvalue weighted by Crippen LogP contribution is 2.45. The Morgan fingerprint density at radius 2 is 1.85 bits per heavy atom. The van der Waals surface area contributed by atoms with Crippen LogP contribution in [0.3, 0.4) is 0 Å². The molecule has 1 aliphatic heterocycles. The Morgan fingerprint density at radius 3 is 2.50 bits per heavy atom. The summed E-state index contributed by atoms with van der Waals surface area (Å²) >= 11 is 0. The van der Waals surface area contributed by atoms with Crippen LogP contribution in [0.2, 0.25) is 0 Å². The molecule has 0 saturated heterocycles. The minimum atomic E-state index is -3.38. The highest BCUT2D eigenvalue weighted by molar-refractivity contribution is 7.89. The fourth-order valence-corrected chi connectivity index (χ4v) is 4.57. The van der Waals surface area contributed by atoms with E-state index >= 15 is 0 Å². The molecule has 0 unspecified atom stereocenters. The van der Waals surface area contributed by atoms with Gasteiger partial charge in [0.05, 0.1) is 4.90 Å². The van der Waals surface area contributed by atoms with Crippen molar-refractivity contribution in [1.29, 1.82) is 0 Å². The Kier molecular flexibility index (Phi) is 2.82. The molecule has 4 nitrogen and oxygen atoms in total. The van der Waals surface area contributed by atoms with Crippen LogP contribution in [0, 0.1) is 11.8 Å². The van der Waals surface area contributed by atoms with Gasteiger partial charge in [0.25, 0.3) is 0 Å². The zero-order valence-corrected chi connectivity index (χ0v) is 12.2. The molecule has 0 spiro atoms. The molecular formula is C15H20N2O2S. The van der Waals surface area contributed by atoms with Gasteiger partial charge in [0.1, 0.15) is 0 Å². The lowest BCUT2D eigenvalue weighted by Gasteiger charge is -2.18. The van der Waals surface area contributed by atoms with E-state index in [0.29, 0.717) is 16.7 Å². The van der Waals surface area contributed by atoms with Gasteiger partial charge in [-0.3, -0.25) is 0 Å². The summed E-state index contributed by atoms with van der Waals surface area (Å²) in [6.45, 7) is 0.902. The van der Waals surface area contributed by atoms with Crippen molar-refractivity contribution in [3.63, 3.8) is 0 Å². The quantitative estimate of drug-likeness (QED) is 0.874. The average molecular weight is 292 g/mol. The predicted octanol–water partition coefficient (Wildman–Crippen LogP) is 2.12. The van der Waals surface area contributed by atoms with Crippen LogP contribution >= 0.6 is 0 Å². The molecule has 0 bridgehead atoms. The van der Waals surface area contributed by atoms with E-state index < -0.39 is 10.0 Å². The van der Waals surface area contributed by atoms with Gasteiger partial charge in [-0.1, -0.05) is 6.07 Å². The minimum Gasteiger partial charge on any atom is -0.384 e. The SMILES string of the molecule is O=S(=O)(NC(C1CC1)C1CC1)c1ccc2c(c1)NCC2. The third kappa shape index (κ3) is 2.33. The Labute approximate surface area is 120 Å². The van der Waals surface area contributed by atoms with Crippen LogP contribution in [-0.4, -0.2) is 21.0 Å². The summed E-state index contributed by atoms with van der Waals surface area (Å²) in [5, 5.41) is 3.24. The molecule has 5 heteroatoms. The number of nitrogens with one attached hydrogen (secondary N) is 2. The van der Waals surface area contributed by atoms with E-state index in [9.17, 15) is 8.42 Å². The molecule has 1 heterocycles. The van der Waals surface area contributed by atoms with Gasteiger partial charge in [-0.25, -0.2) is 13.1 Å². The first kappa shape index (κ1) is 12.7. The molecule has 1 aromatic rings. The molecule has 2 N–H and O–H groups in total. The number of anilines is 1. The summed E-state index contributed by atoms with van der Waals surface area (Å²) in [5.74, 6) is 1.15. The molecular weight excluding hydrogens is 272 g/mol. The summed E-state index contributed by atoms with van der Waals surface area (Å²) in [6, 6.07) is 5.63. The number of benzene rings is 1. The fraction of sp³-hybridized carbons (Fsp3) is 0.600. The zero-order chi connectivity index (χ0) is 13.7. The Bertz CT molecular complexity index is 621. The lowest BCUT2D eigenvalue weighted by atomic mass is 10.1. The van der Waals surface area contributed by atoms with Crippen molar-refractivity contribution in [3.05, 3.63) is 23.8 Å². The molecule has 2 fully saturated rings. The van der Waals surface area contributed by atoms with Crippen molar-refractivity contribution in [2.45, 2.75) is 43.0 Å². The molecule has 0 atom stereocenters. The van der Waals surface area contributed by atoms with E-state index in [-0.39, 0.29) is 6.04 Å². The zero-order valence-electron chi connectivity index (χ0n) is 11.4. The van der Waals surface area contributed by atoms with Gasteiger partial charge in [0.15, 0.2) is 0 Å². The van der Waals surface area contributed by atoms with Crippen LogP contribution in [0.5, 0.6) is 0 Å². The molecule has 4 rings (SSSR count). The lowest BCUT2D eigenvalue weighted by molar-refractivity contribution is 0.471. The van der Waals surface area contributed by atoms with Gasteiger partial charge in [-0.15, -0.1) is 0 Å². The van der Waals surface area contributed by atoms with Crippen molar-refractivity contribution in [2.75, 3.05) is 11.9 Å². The van der Waals surface area contributed by atoms with Crippen molar-refractivity contribution < 1.29 is 8.42 Å². The molecule has 20 heavy (non-hydrogen) atoms. The first-order chi connectivity index (χ1) is 9.63. The van der Waals surface area contributed by atoms with Gasteiger partial charge in [0.2, 0.25) is 10.0 Å². The number of rotatable bonds is 5. The highest BCUT2D eigenvalue weighted by Gasteiger charge is 2.43. The second-order valence-corrected chi connectivity index (χ2v) is 8.03. The standard InChI is InChI=1S/C15H20N2O2S/c18-20(19,17-15(11-1-2-11)12-3-4-12)13-6-5-10-7-8-16-14(10)9-13/h5-6,9,11-12,15-17H,1-4,7-8H2. The number of hydrogen-bond acceptors (Lipinski definition) is 3. The summed E-state index contributed by atoms with van der Waals surface area (Å²) in [6.07, 6.45) is 5.69. The normalized spacial score (nSPS) is 21.9. The van der Waals surface area contributed by atoms with Crippen LogP contribution < -0.4 is 10.0 Å². The Morgan fingerprint density at radius 1 is 1.15 bits per heavy atom. The topological polar surface area (TPSA) is 58.2 Å². The van der Waals surface area contributed by atoms with Crippen molar-refractivity contribution in [1.82, 2.24) is 4.72 Å². The van der Waals surface area contributed by atoms with Crippen LogP contribution in [0.4, 0.5) is 5.69 Å². The molecule has 0 aromatic heterocycles. The minimum absolute atomic E-state index is 0.168. The number of fused-ring (bicyclic) bond motifs is 1. The van der Waals surface area contributed by atoms with Gasteiger partial charge in [0, 0.05) is 18.3 Å². The summed E-state index contributed by atoms with van der Waals surface area (Å²) in [5.41, 5.74) is 2.19. The molecule has 1 aromatic carbocycles. The predicted molar refractivity (Wildman–Crippen MR) is 78.2 cm³/mol. The third-order valence-corrected chi connectivity index (χ3v) is 6.11. The van der Waals surface area contributed by atoms with E-state index in [2.05, 4.69) is 10.0 Å². The highest BCUT2D eigenvalue weighted by atomic mass is 32.2. The second kappa shape index (κ2) is 4.46. The maximum atomic E-state index is 12.6. The third-order valence-electron chi connectivity index (χ3n) is 4.65. The summed E-state index contributed by atoms with van der Waals surface area (Å²) in [7, 11) is -3.38. The summed E-state index contributed by atoms with van der Waals surface area (Å²) in [4.78, 5) is 0.400. The van der Waals surface area contributed by atoms with Crippen molar-refractivity contribution in [2.24, 2.45) is 11.8 Å². The molecule has 3 aliphatic rings. The monoisotopic (exact) mass is 292 g/mol. The fourth-order valence-electron chi connectivity index (χ4n) is 3.17. The Hall–Kier alpha value is -1.07. The molecule has 2 saturated carbocycles. The molecule has 0 amide bonds. The Balaban J connectivity index is 1.59. The molecule has 108 valence electrons. The van der Waals surface area contributed by atoms with Gasteiger partial charge < -0.3 is 5.32 Å². The van der Waals surface area contributed by atoms with Gasteiger partial charge in [-0.2, -0.15) is 0 Å². The largest absolute Gasteiger partial charge is 0.384 e. The maximum Gasteiger partial charge on any atom is 0.240 e. The van der Waals surface area contributed by atoms with Crippen molar-refractivity contribution >= 4 is 15.7 Å². The van der Waals surface area contributed by atoms with E-state index in [1.165, 1.54) is 31.2 Å². The number of sulfonamides is 1. The molecule has 0 radical (unpaired) electrons. The van der Waals surface area contributed by atoms with E-state index in [1.807, 2.05) is 6.07 Å². The second-order valence-electron chi connectivity index (χ2n) is 6.32. The average Bonchev–Trinajstić information content (AvgIpc) is 3.33. The lowest BCUT2D eigenvalue weighted by Crippen LogP contribution is -2.38. The van der Waals surface area contributed by atoms with E-state index in [1.54, 1.807) is 12.1 Å². The van der Waals surface area contributed by atoms with E-state index in [0.717, 1.165) is 18.7 Å². The molecule has 2 aliphatic carbocycles. The van der Waals surface area contributed by atoms with Crippen LogP contribution in [-0.2, 0) is 16.4 Å². The van der Waals surface area contributed by atoms with Gasteiger partial charge >= 0.3 is 0 Å². The van der Waals surface area contributed by atoms with Crippen LogP contribution in [0.15, 0.2) is 23.1 Å². The first-order valence-electron chi connectivity index (χ1n) is 7.53. The van der Waals surface area contributed by atoms with Crippen molar-refractivity contribution in [3.8, 4) is 0 Å². The smallest absolute Gasteiger partial charge is 0.240 e. The first-order valence-corrected chi connectivity index (χ1v) is 9.01. The van der Waals surface area contributed by atoms with Crippen LogP contribution in [0.25, 0.3) is 0 Å². The number of hydrogen-bond donors (Lipinski definition) is 2. The maximum absolute atomic E-state index is 12.6. The van der Waals surface area contributed by atoms with Gasteiger partial charge in [-0.05, 0) is 61.6 Å². The van der Waals surface area contributed by atoms with E-state index in [4.69, 9.17) is 0 Å². The van der Waals surface area contributed by atoms with Crippen LogP contribution in [0.1, 0.15) is 31.2 Å².